The lowest BCUT2D eigenvalue weighted by molar-refractivity contribution is 0.338. The Hall–Kier alpha value is -0.690. The predicted octanol–water partition coefficient (Wildman–Crippen LogP) is 4.53. The van der Waals surface area contributed by atoms with Crippen LogP contribution in [0.2, 0.25) is 5.02 Å². The summed E-state index contributed by atoms with van der Waals surface area (Å²) in [6.07, 6.45) is 6.10. The van der Waals surface area contributed by atoms with E-state index in [0.29, 0.717) is 10.9 Å². The number of hydrogen-bond acceptors (Lipinski definition) is 0. The summed E-state index contributed by atoms with van der Waals surface area (Å²) in [6.45, 7) is 0. The molecule has 0 saturated heterocycles. The van der Waals surface area contributed by atoms with Crippen LogP contribution in [0.5, 0.6) is 5.75 Å². The van der Waals surface area contributed by atoms with Crippen LogP contribution in [-0.4, -0.2) is 0 Å². The smallest absolute Gasteiger partial charge is 0.182 e. The molecular weight excluding hydrogens is 196 g/mol. The van der Waals surface area contributed by atoms with Gasteiger partial charge in [0.15, 0.2) is 5.75 Å². The fourth-order valence-electron chi connectivity index (χ4n) is 2.25. The molecule has 1 aliphatic carbocycles. The Kier molecular flexibility index (Phi) is 2.97. The van der Waals surface area contributed by atoms with Gasteiger partial charge in [-0.05, 0) is 37.0 Å². The normalized spacial score (nSPS) is 18.4. The molecule has 2 heteroatoms. The molecule has 1 fully saturated rings. The van der Waals surface area contributed by atoms with E-state index in [-0.39, 0.29) is 5.75 Å². The van der Waals surface area contributed by atoms with E-state index in [9.17, 15) is 5.11 Å². The van der Waals surface area contributed by atoms with E-state index in [4.69, 9.17) is 11.6 Å². The largest absolute Gasteiger partial charge is 0.290 e. The molecule has 1 nitrogen and oxygen atoms in total. The summed E-state index contributed by atoms with van der Waals surface area (Å²) >= 11 is 5.90. The first-order chi connectivity index (χ1) is 6.77. The quantitative estimate of drug-likeness (QED) is 0.648. The number of rotatable bonds is 1. The van der Waals surface area contributed by atoms with Gasteiger partial charge in [0.1, 0.15) is 0 Å². The summed E-state index contributed by atoms with van der Waals surface area (Å²) < 4.78 is 0. The molecule has 2 rings (SSSR count). The summed E-state index contributed by atoms with van der Waals surface area (Å²) in [5.41, 5.74) is 0.928. The summed E-state index contributed by atoms with van der Waals surface area (Å²) in [7, 11) is 0. The summed E-state index contributed by atoms with van der Waals surface area (Å²) in [6, 6.07) is 5.11. The van der Waals surface area contributed by atoms with Gasteiger partial charge < -0.3 is 0 Å². The van der Waals surface area contributed by atoms with Crippen LogP contribution in [0.4, 0.5) is 0 Å². The van der Waals surface area contributed by atoms with Crippen molar-refractivity contribution in [1.82, 2.24) is 0 Å². The first-order valence-corrected chi connectivity index (χ1v) is 5.61. The van der Waals surface area contributed by atoms with Crippen molar-refractivity contribution in [2.24, 2.45) is 0 Å². The van der Waals surface area contributed by atoms with Crippen molar-refractivity contribution >= 4 is 11.6 Å². The van der Waals surface area contributed by atoms with Crippen molar-refractivity contribution in [2.75, 3.05) is 0 Å². The topological polar surface area (TPSA) is 19.9 Å². The maximum atomic E-state index is 11.6. The third kappa shape index (κ3) is 2.03. The maximum Gasteiger partial charge on any atom is 0.182 e. The van der Waals surface area contributed by atoms with E-state index in [0.717, 1.165) is 18.4 Å². The van der Waals surface area contributed by atoms with Crippen LogP contribution in [0, 0.1) is 0 Å². The van der Waals surface area contributed by atoms with E-state index in [1.54, 1.807) is 12.1 Å². The molecule has 75 valence electrons. The van der Waals surface area contributed by atoms with Crippen molar-refractivity contribution < 1.29 is 5.11 Å². The minimum Gasteiger partial charge on any atom is -0.290 e. The van der Waals surface area contributed by atoms with Crippen molar-refractivity contribution in [3.63, 3.8) is 0 Å². The Morgan fingerprint density at radius 2 is 1.86 bits per heavy atom. The standard InChI is InChI=1S/C12H14ClO/c13-10-6-7-12(14)11(8-10)9-4-2-1-3-5-9/h6-9H,1-5H2. The SMILES string of the molecule is [O]c1ccc(Cl)cc1C1CCCCC1. The van der Waals surface area contributed by atoms with Gasteiger partial charge in [-0.15, -0.1) is 0 Å². The van der Waals surface area contributed by atoms with Crippen molar-refractivity contribution in [3.05, 3.63) is 28.8 Å². The molecule has 14 heavy (non-hydrogen) atoms. The highest BCUT2D eigenvalue weighted by Gasteiger charge is 2.19. The zero-order valence-electron chi connectivity index (χ0n) is 8.13. The molecule has 0 aliphatic heterocycles. The second-order valence-corrected chi connectivity index (χ2v) is 4.45. The van der Waals surface area contributed by atoms with Crippen LogP contribution >= 0.6 is 11.6 Å². The molecule has 0 atom stereocenters. The maximum absolute atomic E-state index is 11.6. The molecule has 1 aromatic carbocycles. The van der Waals surface area contributed by atoms with Gasteiger partial charge in [0.05, 0.1) is 0 Å². The van der Waals surface area contributed by atoms with Gasteiger partial charge >= 0.3 is 0 Å². The average Bonchev–Trinajstić information content (AvgIpc) is 2.23. The second kappa shape index (κ2) is 4.22. The van der Waals surface area contributed by atoms with Gasteiger partial charge in [0.2, 0.25) is 0 Å². The zero-order chi connectivity index (χ0) is 9.97. The number of halogens is 1. The molecular formula is C12H14ClO. The first-order valence-electron chi connectivity index (χ1n) is 5.24. The molecule has 0 bridgehead atoms. The van der Waals surface area contributed by atoms with E-state index in [1.165, 1.54) is 19.3 Å². The van der Waals surface area contributed by atoms with Crippen LogP contribution in [0.15, 0.2) is 18.2 Å². The fourth-order valence-corrected chi connectivity index (χ4v) is 2.43. The van der Waals surface area contributed by atoms with Crippen LogP contribution in [0.3, 0.4) is 0 Å². The molecule has 0 spiro atoms. The van der Waals surface area contributed by atoms with Crippen LogP contribution in [0.1, 0.15) is 43.6 Å². The summed E-state index contributed by atoms with van der Waals surface area (Å²) in [4.78, 5) is 0. The lowest BCUT2D eigenvalue weighted by Gasteiger charge is -2.22. The molecule has 1 radical (unpaired) electrons. The van der Waals surface area contributed by atoms with Gasteiger partial charge in [-0.2, -0.15) is 0 Å². The molecule has 0 heterocycles. The number of benzene rings is 1. The van der Waals surface area contributed by atoms with Gasteiger partial charge in [0.25, 0.3) is 0 Å². The Morgan fingerprint density at radius 1 is 1.14 bits per heavy atom. The van der Waals surface area contributed by atoms with Crippen LogP contribution in [0.25, 0.3) is 0 Å². The van der Waals surface area contributed by atoms with E-state index >= 15 is 0 Å². The molecule has 1 saturated carbocycles. The fraction of sp³-hybridized carbons (Fsp3) is 0.500. The van der Waals surface area contributed by atoms with Crippen molar-refractivity contribution in [3.8, 4) is 5.75 Å². The summed E-state index contributed by atoms with van der Waals surface area (Å²) in [5.74, 6) is 0.608. The van der Waals surface area contributed by atoms with Crippen molar-refractivity contribution in [1.29, 1.82) is 0 Å². The Labute approximate surface area is 89.7 Å². The highest BCUT2D eigenvalue weighted by Crippen LogP contribution is 2.38. The van der Waals surface area contributed by atoms with Gasteiger partial charge in [-0.1, -0.05) is 30.9 Å². The zero-order valence-corrected chi connectivity index (χ0v) is 8.89. The average molecular weight is 210 g/mol. The van der Waals surface area contributed by atoms with E-state index in [1.807, 2.05) is 6.07 Å². The van der Waals surface area contributed by atoms with Crippen LogP contribution < -0.4 is 0 Å². The third-order valence-electron chi connectivity index (χ3n) is 3.02. The van der Waals surface area contributed by atoms with E-state index in [2.05, 4.69) is 0 Å². The molecule has 1 aromatic rings. The molecule has 0 unspecified atom stereocenters. The summed E-state index contributed by atoms with van der Waals surface area (Å²) in [5, 5.41) is 12.3. The molecule has 0 N–H and O–H groups in total. The molecule has 0 aromatic heterocycles. The number of hydrogen-bond donors (Lipinski definition) is 0. The van der Waals surface area contributed by atoms with Crippen LogP contribution in [-0.2, 0) is 5.11 Å². The van der Waals surface area contributed by atoms with Gasteiger partial charge in [-0.25, -0.2) is 0 Å². The van der Waals surface area contributed by atoms with Gasteiger partial charge in [0, 0.05) is 10.6 Å². The monoisotopic (exact) mass is 209 g/mol. The Balaban J connectivity index is 2.24. The second-order valence-electron chi connectivity index (χ2n) is 4.02. The predicted molar refractivity (Wildman–Crippen MR) is 57.4 cm³/mol. The first kappa shape index (κ1) is 9.85. The van der Waals surface area contributed by atoms with E-state index < -0.39 is 0 Å². The Morgan fingerprint density at radius 3 is 2.57 bits per heavy atom. The lowest BCUT2D eigenvalue weighted by Crippen LogP contribution is -2.04. The lowest BCUT2D eigenvalue weighted by atomic mass is 9.84. The third-order valence-corrected chi connectivity index (χ3v) is 3.25. The highest BCUT2D eigenvalue weighted by molar-refractivity contribution is 6.30. The van der Waals surface area contributed by atoms with Gasteiger partial charge in [-0.3, -0.25) is 5.11 Å². The minimum atomic E-state index is 0.154. The van der Waals surface area contributed by atoms with Crippen molar-refractivity contribution in [2.45, 2.75) is 38.0 Å². The molecule has 1 aliphatic rings. The Bertz CT molecular complexity index is 316. The molecule has 0 amide bonds. The highest BCUT2D eigenvalue weighted by atomic mass is 35.5. The minimum absolute atomic E-state index is 0.154.